The number of halogens is 1. The Morgan fingerprint density at radius 2 is 2.10 bits per heavy atom. The maximum Gasteiger partial charge on any atom is 0.251 e. The van der Waals surface area contributed by atoms with Crippen molar-refractivity contribution in [2.75, 3.05) is 12.3 Å². The van der Waals surface area contributed by atoms with E-state index in [1.807, 2.05) is 13.8 Å². The fourth-order valence-electron chi connectivity index (χ4n) is 1.52. The number of nitrogens with one attached hydrogen (secondary N) is 1. The van der Waals surface area contributed by atoms with Crippen molar-refractivity contribution in [3.8, 4) is 0 Å². The van der Waals surface area contributed by atoms with Gasteiger partial charge in [0.1, 0.15) is 5.15 Å². The van der Waals surface area contributed by atoms with E-state index in [4.69, 9.17) is 16.7 Å². The molecule has 0 aliphatic rings. The lowest BCUT2D eigenvalue weighted by atomic mass is 10.1. The van der Waals surface area contributed by atoms with Crippen LogP contribution in [-0.4, -0.2) is 31.6 Å². The van der Waals surface area contributed by atoms with Gasteiger partial charge in [-0.05, 0) is 24.5 Å². The van der Waals surface area contributed by atoms with Crippen LogP contribution in [0.2, 0.25) is 5.15 Å². The monoisotopic (exact) mass is 319 g/mol. The molecule has 0 bridgehead atoms. The van der Waals surface area contributed by atoms with Crippen molar-refractivity contribution >= 4 is 27.5 Å². The molecule has 0 saturated heterocycles. The highest BCUT2D eigenvalue weighted by Gasteiger charge is 2.11. The molecule has 6 nitrogen and oxygen atoms in total. The minimum Gasteiger partial charge on any atom is -0.352 e. The zero-order valence-electron chi connectivity index (χ0n) is 11.4. The number of hydrogen-bond donors (Lipinski definition) is 2. The fourth-order valence-corrected chi connectivity index (χ4v) is 2.28. The summed E-state index contributed by atoms with van der Waals surface area (Å²) in [6.45, 7) is 4.13. The predicted octanol–water partition coefficient (Wildman–Crippen LogP) is 1.27. The van der Waals surface area contributed by atoms with Crippen LogP contribution in [0.4, 0.5) is 0 Å². The quantitative estimate of drug-likeness (QED) is 0.608. The normalized spacial score (nSPS) is 11.7. The number of carbonyl (C=O) groups is 1. The minimum atomic E-state index is -3.49. The topological polar surface area (TPSA) is 102 Å². The largest absolute Gasteiger partial charge is 0.352 e. The van der Waals surface area contributed by atoms with E-state index in [2.05, 4.69) is 10.3 Å². The number of sulfonamides is 1. The number of rotatable bonds is 6. The highest BCUT2D eigenvalue weighted by atomic mass is 35.5. The molecule has 0 aliphatic carbocycles. The van der Waals surface area contributed by atoms with Gasteiger partial charge >= 0.3 is 0 Å². The molecule has 0 saturated carbocycles. The fraction of sp³-hybridized carbons (Fsp3) is 0.500. The van der Waals surface area contributed by atoms with Crippen molar-refractivity contribution in [1.82, 2.24) is 10.3 Å². The summed E-state index contributed by atoms with van der Waals surface area (Å²) in [5.74, 6) is -0.324. The van der Waals surface area contributed by atoms with E-state index in [1.54, 1.807) is 6.07 Å². The molecule has 3 N–H and O–H groups in total. The first kappa shape index (κ1) is 16.9. The summed E-state index contributed by atoms with van der Waals surface area (Å²) in [6.07, 6.45) is 0.264. The molecule has 1 heterocycles. The maximum atomic E-state index is 11.9. The Hall–Kier alpha value is -1.18. The highest BCUT2D eigenvalue weighted by molar-refractivity contribution is 7.89. The molecule has 0 atom stereocenters. The Bertz CT molecular complexity index is 588. The number of hydrogen-bond acceptors (Lipinski definition) is 4. The molecular formula is C12H18ClN3O3S. The van der Waals surface area contributed by atoms with Crippen molar-refractivity contribution in [1.29, 1.82) is 0 Å². The van der Waals surface area contributed by atoms with Crippen molar-refractivity contribution in [2.45, 2.75) is 26.2 Å². The van der Waals surface area contributed by atoms with Crippen molar-refractivity contribution < 1.29 is 13.2 Å². The molecule has 1 amide bonds. The summed E-state index contributed by atoms with van der Waals surface area (Å²) < 4.78 is 21.5. The molecule has 0 radical (unpaired) electrons. The molecule has 0 aromatic carbocycles. The van der Waals surface area contributed by atoms with Gasteiger partial charge in [0.05, 0.1) is 5.75 Å². The Kier molecular flexibility index (Phi) is 5.91. The van der Waals surface area contributed by atoms with Crippen LogP contribution in [0.5, 0.6) is 0 Å². The molecule has 0 fully saturated rings. The zero-order chi connectivity index (χ0) is 15.3. The SMILES string of the molecule is CC(C)c1cc(C(=O)NCCCS(N)(=O)=O)cc(Cl)n1. The first-order valence-corrected chi connectivity index (χ1v) is 8.24. The number of carbonyl (C=O) groups excluding carboxylic acids is 1. The lowest BCUT2D eigenvalue weighted by molar-refractivity contribution is 0.0953. The van der Waals surface area contributed by atoms with Gasteiger partial charge in [-0.15, -0.1) is 0 Å². The second-order valence-corrected chi connectivity index (χ2v) is 6.86. The van der Waals surface area contributed by atoms with Crippen molar-refractivity contribution in [3.05, 3.63) is 28.5 Å². The number of amides is 1. The van der Waals surface area contributed by atoms with Crippen LogP contribution in [-0.2, 0) is 10.0 Å². The Morgan fingerprint density at radius 3 is 2.65 bits per heavy atom. The van der Waals surface area contributed by atoms with Crippen LogP contribution in [0.25, 0.3) is 0 Å². The van der Waals surface area contributed by atoms with Crippen molar-refractivity contribution in [2.24, 2.45) is 5.14 Å². The average Bonchev–Trinajstić information content (AvgIpc) is 2.32. The van der Waals surface area contributed by atoms with Gasteiger partial charge in [-0.3, -0.25) is 4.79 Å². The van der Waals surface area contributed by atoms with Crippen LogP contribution in [0.3, 0.4) is 0 Å². The first-order valence-electron chi connectivity index (χ1n) is 6.15. The summed E-state index contributed by atoms with van der Waals surface area (Å²) in [6, 6.07) is 3.15. The number of aromatic nitrogens is 1. The summed E-state index contributed by atoms with van der Waals surface area (Å²) in [7, 11) is -3.49. The van der Waals surface area contributed by atoms with Crippen LogP contribution in [0.1, 0.15) is 42.2 Å². The molecule has 1 rings (SSSR count). The highest BCUT2D eigenvalue weighted by Crippen LogP contribution is 2.17. The van der Waals surface area contributed by atoms with Gasteiger partial charge in [-0.2, -0.15) is 0 Å². The predicted molar refractivity (Wildman–Crippen MR) is 78.3 cm³/mol. The number of nitrogens with two attached hydrogens (primary N) is 1. The van der Waals surface area contributed by atoms with E-state index in [-0.39, 0.29) is 35.7 Å². The molecule has 112 valence electrons. The molecule has 8 heteroatoms. The third-order valence-electron chi connectivity index (χ3n) is 2.56. The zero-order valence-corrected chi connectivity index (χ0v) is 13.0. The first-order chi connectivity index (χ1) is 9.19. The van der Waals surface area contributed by atoms with Gasteiger partial charge in [0.15, 0.2) is 0 Å². The van der Waals surface area contributed by atoms with Gasteiger partial charge in [0, 0.05) is 17.8 Å². The molecule has 1 aromatic rings. The van der Waals surface area contributed by atoms with E-state index in [1.165, 1.54) is 6.07 Å². The van der Waals surface area contributed by atoms with Gasteiger partial charge in [-0.1, -0.05) is 25.4 Å². The number of pyridine rings is 1. The molecule has 0 spiro atoms. The summed E-state index contributed by atoms with van der Waals surface area (Å²) in [5.41, 5.74) is 1.14. The molecule has 1 aromatic heterocycles. The smallest absolute Gasteiger partial charge is 0.251 e. The Balaban J connectivity index is 2.64. The van der Waals surface area contributed by atoms with E-state index in [0.717, 1.165) is 5.69 Å². The molecule has 0 aliphatic heterocycles. The lowest BCUT2D eigenvalue weighted by Gasteiger charge is -2.09. The van der Waals surface area contributed by atoms with E-state index < -0.39 is 10.0 Å². The second-order valence-electron chi connectivity index (χ2n) is 4.73. The summed E-state index contributed by atoms with van der Waals surface area (Å²) >= 11 is 5.87. The second kappa shape index (κ2) is 7.01. The standard InChI is InChI=1S/C12H18ClN3O3S/c1-8(2)10-6-9(7-11(13)16-10)12(17)15-4-3-5-20(14,18)19/h6-8H,3-5H2,1-2H3,(H,15,17)(H2,14,18,19). The Morgan fingerprint density at radius 1 is 1.45 bits per heavy atom. The molecule has 20 heavy (non-hydrogen) atoms. The number of primary sulfonamides is 1. The summed E-state index contributed by atoms with van der Waals surface area (Å²) in [4.78, 5) is 16.1. The lowest BCUT2D eigenvalue weighted by Crippen LogP contribution is -2.27. The third kappa shape index (κ3) is 5.85. The third-order valence-corrected chi connectivity index (χ3v) is 3.61. The van der Waals surface area contributed by atoms with Crippen molar-refractivity contribution in [3.63, 3.8) is 0 Å². The Labute approximate surface area is 123 Å². The minimum absolute atomic E-state index is 0.155. The van der Waals surface area contributed by atoms with Gasteiger partial charge in [0.25, 0.3) is 5.91 Å². The van der Waals surface area contributed by atoms with Gasteiger partial charge in [0.2, 0.25) is 10.0 Å². The van der Waals surface area contributed by atoms with Crippen LogP contribution >= 0.6 is 11.6 Å². The van der Waals surface area contributed by atoms with E-state index in [9.17, 15) is 13.2 Å². The van der Waals surface area contributed by atoms with Gasteiger partial charge < -0.3 is 5.32 Å². The van der Waals surface area contributed by atoms with E-state index in [0.29, 0.717) is 5.56 Å². The van der Waals surface area contributed by atoms with Crippen LogP contribution < -0.4 is 10.5 Å². The molecular weight excluding hydrogens is 302 g/mol. The number of nitrogens with zero attached hydrogens (tertiary/aromatic N) is 1. The van der Waals surface area contributed by atoms with Crippen LogP contribution in [0.15, 0.2) is 12.1 Å². The molecule has 0 unspecified atom stereocenters. The summed E-state index contributed by atoms with van der Waals surface area (Å²) in [5, 5.41) is 7.75. The van der Waals surface area contributed by atoms with Gasteiger partial charge in [-0.25, -0.2) is 18.5 Å². The van der Waals surface area contributed by atoms with Crippen LogP contribution in [0, 0.1) is 0 Å². The maximum absolute atomic E-state index is 11.9. The van der Waals surface area contributed by atoms with E-state index >= 15 is 0 Å². The average molecular weight is 320 g/mol.